The first-order chi connectivity index (χ1) is 17.1. The number of fused-ring (bicyclic) bond motifs is 1. The molecule has 2 amide bonds. The Balaban J connectivity index is 1.96. The van der Waals surface area contributed by atoms with E-state index in [1.807, 2.05) is 43.3 Å². The van der Waals surface area contributed by atoms with Crippen molar-refractivity contribution in [2.75, 3.05) is 23.7 Å². The Morgan fingerprint density at radius 1 is 1.03 bits per heavy atom. The minimum Gasteiger partial charge on any atom is -0.354 e. The fourth-order valence-corrected chi connectivity index (χ4v) is 5.05. The largest absolute Gasteiger partial charge is 0.354 e. The van der Waals surface area contributed by atoms with Gasteiger partial charge in [0.2, 0.25) is 21.8 Å². The van der Waals surface area contributed by atoms with Crippen molar-refractivity contribution >= 4 is 49.9 Å². The van der Waals surface area contributed by atoms with Gasteiger partial charge in [-0.05, 0) is 42.5 Å². The molecule has 0 aromatic heterocycles. The van der Waals surface area contributed by atoms with Crippen molar-refractivity contribution in [2.24, 2.45) is 0 Å². The van der Waals surface area contributed by atoms with Gasteiger partial charge in [0.1, 0.15) is 12.6 Å². The molecule has 0 radical (unpaired) electrons. The van der Waals surface area contributed by atoms with Crippen LogP contribution in [0.15, 0.2) is 66.7 Å². The van der Waals surface area contributed by atoms with Gasteiger partial charge in [-0.15, -0.1) is 0 Å². The maximum absolute atomic E-state index is 13.7. The molecule has 0 saturated carbocycles. The molecule has 36 heavy (non-hydrogen) atoms. The summed E-state index contributed by atoms with van der Waals surface area (Å²) >= 11 is 6.14. The smallest absolute Gasteiger partial charge is 0.244 e. The van der Waals surface area contributed by atoms with Gasteiger partial charge in [0.05, 0.1) is 11.9 Å². The molecule has 0 aliphatic rings. The topological polar surface area (TPSA) is 86.8 Å². The maximum Gasteiger partial charge on any atom is 0.244 e. The molecule has 3 rings (SSSR count). The number of rotatable bonds is 11. The molecule has 0 saturated heterocycles. The zero-order chi connectivity index (χ0) is 26.3. The quantitative estimate of drug-likeness (QED) is 0.368. The molecule has 0 aliphatic heterocycles. The average molecular weight is 530 g/mol. The Morgan fingerprint density at radius 2 is 1.72 bits per heavy atom. The van der Waals surface area contributed by atoms with Crippen LogP contribution in [-0.2, 0) is 26.2 Å². The molecule has 0 heterocycles. The van der Waals surface area contributed by atoms with Gasteiger partial charge in [0.15, 0.2) is 0 Å². The van der Waals surface area contributed by atoms with E-state index in [0.29, 0.717) is 22.6 Å². The molecule has 0 spiro atoms. The van der Waals surface area contributed by atoms with Crippen molar-refractivity contribution in [2.45, 2.75) is 39.3 Å². The van der Waals surface area contributed by atoms with Crippen LogP contribution in [0.4, 0.5) is 5.69 Å². The average Bonchev–Trinajstić information content (AvgIpc) is 2.84. The van der Waals surface area contributed by atoms with Crippen LogP contribution in [0.5, 0.6) is 0 Å². The van der Waals surface area contributed by atoms with Gasteiger partial charge in [0.25, 0.3) is 0 Å². The Hall–Kier alpha value is -3.10. The molecule has 0 unspecified atom stereocenters. The lowest BCUT2D eigenvalue weighted by Gasteiger charge is -2.32. The number of benzene rings is 3. The first-order valence-corrected chi connectivity index (χ1v) is 14.1. The van der Waals surface area contributed by atoms with Gasteiger partial charge in [0, 0.05) is 23.5 Å². The summed E-state index contributed by atoms with van der Waals surface area (Å²) < 4.78 is 26.8. The number of nitrogens with one attached hydrogen (secondary N) is 1. The number of amides is 2. The van der Waals surface area contributed by atoms with Gasteiger partial charge < -0.3 is 10.2 Å². The first kappa shape index (κ1) is 27.5. The number of anilines is 1. The summed E-state index contributed by atoms with van der Waals surface area (Å²) in [6.45, 7) is 3.84. The second-order valence-electron chi connectivity index (χ2n) is 8.74. The van der Waals surface area contributed by atoms with Crippen molar-refractivity contribution in [3.05, 3.63) is 77.3 Å². The monoisotopic (exact) mass is 529 g/mol. The number of sulfonamides is 1. The van der Waals surface area contributed by atoms with Gasteiger partial charge in [-0.1, -0.05) is 73.5 Å². The highest BCUT2D eigenvalue weighted by molar-refractivity contribution is 7.92. The number of carbonyl (C=O) groups is 2. The molecule has 1 N–H and O–H groups in total. The van der Waals surface area contributed by atoms with Crippen LogP contribution >= 0.6 is 11.6 Å². The number of carbonyl (C=O) groups excluding carboxylic acids is 2. The zero-order valence-electron chi connectivity index (χ0n) is 20.8. The molecular weight excluding hydrogens is 498 g/mol. The van der Waals surface area contributed by atoms with Gasteiger partial charge in [-0.2, -0.15) is 0 Å². The van der Waals surface area contributed by atoms with E-state index in [2.05, 4.69) is 5.32 Å². The third kappa shape index (κ3) is 6.98. The van der Waals surface area contributed by atoms with Crippen LogP contribution in [0.1, 0.15) is 32.3 Å². The van der Waals surface area contributed by atoms with Crippen LogP contribution in [0.3, 0.4) is 0 Å². The molecule has 0 fully saturated rings. The zero-order valence-corrected chi connectivity index (χ0v) is 22.3. The highest BCUT2D eigenvalue weighted by Gasteiger charge is 2.30. The summed E-state index contributed by atoms with van der Waals surface area (Å²) in [5.41, 5.74) is 1.15. The van der Waals surface area contributed by atoms with Crippen molar-refractivity contribution in [3.63, 3.8) is 0 Å². The Kier molecular flexibility index (Phi) is 9.34. The number of halogens is 1. The minimum atomic E-state index is -3.82. The number of hydrogen-bond donors (Lipinski definition) is 1. The second kappa shape index (κ2) is 12.2. The number of nitrogens with zero attached hydrogens (tertiary/aromatic N) is 2. The molecule has 0 bridgehead atoms. The van der Waals surface area contributed by atoms with E-state index in [-0.39, 0.29) is 12.5 Å². The molecule has 192 valence electrons. The van der Waals surface area contributed by atoms with Crippen molar-refractivity contribution in [1.29, 1.82) is 0 Å². The van der Waals surface area contributed by atoms with E-state index in [0.717, 1.165) is 34.4 Å². The maximum atomic E-state index is 13.7. The number of unbranched alkanes of at least 4 members (excludes halogenated alkanes) is 1. The lowest BCUT2D eigenvalue weighted by Crippen LogP contribution is -2.51. The predicted molar refractivity (Wildman–Crippen MR) is 146 cm³/mol. The lowest BCUT2D eigenvalue weighted by molar-refractivity contribution is -0.139. The van der Waals surface area contributed by atoms with E-state index >= 15 is 0 Å². The van der Waals surface area contributed by atoms with Gasteiger partial charge in [-0.3, -0.25) is 13.9 Å². The third-order valence-electron chi connectivity index (χ3n) is 5.95. The van der Waals surface area contributed by atoms with E-state index in [1.165, 1.54) is 4.90 Å². The van der Waals surface area contributed by atoms with Gasteiger partial charge in [-0.25, -0.2) is 8.42 Å². The summed E-state index contributed by atoms with van der Waals surface area (Å²) in [7, 11) is -3.82. The molecule has 3 aromatic rings. The van der Waals surface area contributed by atoms with E-state index in [1.54, 1.807) is 37.3 Å². The highest BCUT2D eigenvalue weighted by Crippen LogP contribution is 2.28. The first-order valence-electron chi connectivity index (χ1n) is 11.9. The van der Waals surface area contributed by atoms with Crippen LogP contribution in [-0.4, -0.2) is 50.5 Å². The van der Waals surface area contributed by atoms with E-state index < -0.39 is 28.5 Å². The standard InChI is InChI=1S/C27H32ClN3O4S/c1-4-5-16-29-27(33)20(2)30(18-21-10-8-13-23(28)17-21)26(32)19-31(36(3,34)35)25-15-9-12-22-11-6-7-14-24(22)25/h6-15,17,20H,4-5,16,18-19H2,1-3H3,(H,29,33)/t20-/m0/s1. The highest BCUT2D eigenvalue weighted by atomic mass is 35.5. The fraction of sp³-hybridized carbons (Fsp3) is 0.333. The van der Waals surface area contributed by atoms with Crippen LogP contribution in [0, 0.1) is 0 Å². The summed E-state index contributed by atoms with van der Waals surface area (Å²) in [5.74, 6) is -0.790. The molecule has 7 nitrogen and oxygen atoms in total. The predicted octanol–water partition coefficient (Wildman–Crippen LogP) is 4.59. The Morgan fingerprint density at radius 3 is 2.42 bits per heavy atom. The van der Waals surface area contributed by atoms with E-state index in [9.17, 15) is 18.0 Å². The Labute approximate surface area is 218 Å². The summed E-state index contributed by atoms with van der Waals surface area (Å²) in [6.07, 6.45) is 2.82. The minimum absolute atomic E-state index is 0.106. The molecule has 9 heteroatoms. The fourth-order valence-electron chi connectivity index (χ4n) is 3.97. The van der Waals surface area contributed by atoms with Crippen LogP contribution in [0.2, 0.25) is 5.02 Å². The second-order valence-corrected chi connectivity index (χ2v) is 11.1. The SMILES string of the molecule is CCCCNC(=O)[C@H](C)N(Cc1cccc(Cl)c1)C(=O)CN(c1cccc2ccccc12)S(C)(=O)=O. The van der Waals surface area contributed by atoms with Crippen molar-refractivity contribution in [3.8, 4) is 0 Å². The summed E-state index contributed by atoms with van der Waals surface area (Å²) in [4.78, 5) is 28.0. The van der Waals surface area contributed by atoms with Crippen LogP contribution in [0.25, 0.3) is 10.8 Å². The molecule has 1 atom stereocenters. The Bertz CT molecular complexity index is 1320. The van der Waals surface area contributed by atoms with E-state index in [4.69, 9.17) is 11.6 Å². The van der Waals surface area contributed by atoms with Crippen LogP contribution < -0.4 is 9.62 Å². The normalized spacial score (nSPS) is 12.2. The van der Waals surface area contributed by atoms with Crippen molar-refractivity contribution < 1.29 is 18.0 Å². The third-order valence-corrected chi connectivity index (χ3v) is 7.31. The van der Waals surface area contributed by atoms with Crippen molar-refractivity contribution in [1.82, 2.24) is 10.2 Å². The molecule has 0 aliphatic carbocycles. The summed E-state index contributed by atoms with van der Waals surface area (Å²) in [5, 5.41) is 4.94. The summed E-state index contributed by atoms with van der Waals surface area (Å²) in [6, 6.07) is 18.9. The number of hydrogen-bond acceptors (Lipinski definition) is 4. The molecular formula is C27H32ClN3O4S. The molecule has 3 aromatic carbocycles. The van der Waals surface area contributed by atoms with Gasteiger partial charge >= 0.3 is 0 Å². The lowest BCUT2D eigenvalue weighted by atomic mass is 10.1.